The molecular weight excluding hydrogens is 224 g/mol. The van der Waals surface area contributed by atoms with Gasteiger partial charge in [-0.15, -0.1) is 0 Å². The zero-order valence-corrected chi connectivity index (χ0v) is 12.4. The lowest BCUT2D eigenvalue weighted by Crippen LogP contribution is -2.37. The summed E-state index contributed by atoms with van der Waals surface area (Å²) in [5.74, 6) is 0. The third-order valence-corrected chi connectivity index (χ3v) is 3.37. The van der Waals surface area contributed by atoms with Crippen LogP contribution in [0.25, 0.3) is 0 Å². The van der Waals surface area contributed by atoms with Crippen molar-refractivity contribution >= 4 is 6.03 Å². The average Bonchev–Trinajstić information content (AvgIpc) is 2.35. The van der Waals surface area contributed by atoms with Crippen molar-refractivity contribution in [2.75, 3.05) is 13.1 Å². The topological polar surface area (TPSA) is 46.3 Å². The molecule has 2 N–H and O–H groups in total. The van der Waals surface area contributed by atoms with E-state index in [-0.39, 0.29) is 6.03 Å². The van der Waals surface area contributed by atoms with Crippen molar-refractivity contribution in [1.82, 2.24) is 4.90 Å². The Bertz CT molecular complexity index is 195. The van der Waals surface area contributed by atoms with Crippen LogP contribution in [-0.4, -0.2) is 24.0 Å². The van der Waals surface area contributed by atoms with E-state index in [0.29, 0.717) is 0 Å². The van der Waals surface area contributed by atoms with Crippen molar-refractivity contribution in [3.8, 4) is 0 Å². The van der Waals surface area contributed by atoms with Crippen LogP contribution in [0.2, 0.25) is 0 Å². The quantitative estimate of drug-likeness (QED) is 0.520. The fourth-order valence-electron chi connectivity index (χ4n) is 2.14. The molecule has 0 saturated carbocycles. The van der Waals surface area contributed by atoms with E-state index in [1.165, 1.54) is 51.4 Å². The van der Waals surface area contributed by atoms with E-state index < -0.39 is 0 Å². The lowest BCUT2D eigenvalue weighted by atomic mass is 10.1. The lowest BCUT2D eigenvalue weighted by Gasteiger charge is -2.20. The second-order valence-corrected chi connectivity index (χ2v) is 5.15. The van der Waals surface area contributed by atoms with Crippen LogP contribution in [-0.2, 0) is 0 Å². The molecule has 108 valence electrons. The summed E-state index contributed by atoms with van der Waals surface area (Å²) in [6, 6.07) is -0.253. The van der Waals surface area contributed by atoms with Crippen LogP contribution in [0.3, 0.4) is 0 Å². The maximum atomic E-state index is 11.2. The lowest BCUT2D eigenvalue weighted by molar-refractivity contribution is 0.205. The van der Waals surface area contributed by atoms with Crippen LogP contribution in [0.5, 0.6) is 0 Å². The zero-order chi connectivity index (χ0) is 13.6. The first kappa shape index (κ1) is 17.3. The number of urea groups is 1. The molecule has 0 aliphatic rings. The fraction of sp³-hybridized carbons (Fsp3) is 0.933. The molecule has 0 rings (SSSR count). The van der Waals surface area contributed by atoms with Gasteiger partial charge in [0.1, 0.15) is 0 Å². The van der Waals surface area contributed by atoms with Crippen LogP contribution in [0.1, 0.15) is 78.1 Å². The maximum Gasteiger partial charge on any atom is 0.314 e. The number of hydrogen-bond acceptors (Lipinski definition) is 1. The van der Waals surface area contributed by atoms with Gasteiger partial charge in [-0.1, -0.05) is 65.2 Å². The molecule has 0 unspecified atom stereocenters. The summed E-state index contributed by atoms with van der Waals surface area (Å²) in [6.07, 6.45) is 12.4. The summed E-state index contributed by atoms with van der Waals surface area (Å²) < 4.78 is 0. The Morgan fingerprint density at radius 2 is 1.17 bits per heavy atom. The van der Waals surface area contributed by atoms with Crippen LogP contribution >= 0.6 is 0 Å². The number of rotatable bonds is 12. The first-order valence-electron chi connectivity index (χ1n) is 7.76. The molecule has 0 aromatic carbocycles. The minimum atomic E-state index is -0.253. The molecular formula is C15H32N2O. The molecule has 0 saturated heterocycles. The molecule has 0 spiro atoms. The van der Waals surface area contributed by atoms with Gasteiger partial charge in [-0.2, -0.15) is 0 Å². The number of carbonyl (C=O) groups is 1. The van der Waals surface area contributed by atoms with E-state index in [4.69, 9.17) is 5.73 Å². The molecule has 0 bridgehead atoms. The molecule has 0 aliphatic heterocycles. The van der Waals surface area contributed by atoms with E-state index >= 15 is 0 Å². The van der Waals surface area contributed by atoms with Gasteiger partial charge in [0.05, 0.1) is 0 Å². The van der Waals surface area contributed by atoms with Crippen molar-refractivity contribution in [2.45, 2.75) is 78.1 Å². The van der Waals surface area contributed by atoms with Crippen LogP contribution < -0.4 is 5.73 Å². The highest BCUT2D eigenvalue weighted by atomic mass is 16.2. The molecule has 2 amide bonds. The third kappa shape index (κ3) is 10.4. The van der Waals surface area contributed by atoms with Gasteiger partial charge in [0.2, 0.25) is 0 Å². The monoisotopic (exact) mass is 256 g/mol. The first-order valence-corrected chi connectivity index (χ1v) is 7.76. The zero-order valence-electron chi connectivity index (χ0n) is 12.4. The highest BCUT2D eigenvalue weighted by Gasteiger charge is 2.07. The van der Waals surface area contributed by atoms with Gasteiger partial charge in [-0.3, -0.25) is 0 Å². The number of nitrogens with zero attached hydrogens (tertiary/aromatic N) is 1. The number of primary amides is 1. The molecule has 0 aromatic heterocycles. The maximum absolute atomic E-state index is 11.2. The van der Waals surface area contributed by atoms with E-state index in [9.17, 15) is 4.79 Å². The van der Waals surface area contributed by atoms with Crippen molar-refractivity contribution in [2.24, 2.45) is 5.73 Å². The van der Waals surface area contributed by atoms with E-state index in [1.54, 1.807) is 0 Å². The first-order chi connectivity index (χ1) is 8.72. The summed E-state index contributed by atoms with van der Waals surface area (Å²) in [5.41, 5.74) is 5.39. The molecule has 3 heteroatoms. The normalized spacial score (nSPS) is 10.6. The Labute approximate surface area is 113 Å². The minimum Gasteiger partial charge on any atom is -0.351 e. The molecule has 0 aromatic rings. The van der Waals surface area contributed by atoms with E-state index in [0.717, 1.165) is 25.9 Å². The smallest absolute Gasteiger partial charge is 0.314 e. The SMILES string of the molecule is CCCCCCCCCN(CCCCC)C(N)=O. The largest absolute Gasteiger partial charge is 0.351 e. The summed E-state index contributed by atoms with van der Waals surface area (Å²) >= 11 is 0. The Kier molecular flexibility index (Phi) is 12.2. The predicted octanol–water partition coefficient (Wildman–Crippen LogP) is 4.31. The van der Waals surface area contributed by atoms with Crippen molar-refractivity contribution < 1.29 is 4.79 Å². The van der Waals surface area contributed by atoms with Gasteiger partial charge in [0.15, 0.2) is 0 Å². The number of nitrogens with two attached hydrogens (primary N) is 1. The molecule has 18 heavy (non-hydrogen) atoms. The number of carbonyl (C=O) groups excluding carboxylic acids is 1. The second-order valence-electron chi connectivity index (χ2n) is 5.15. The summed E-state index contributed by atoms with van der Waals surface area (Å²) in [4.78, 5) is 13.1. The molecule has 0 aliphatic carbocycles. The summed E-state index contributed by atoms with van der Waals surface area (Å²) in [6.45, 7) is 6.08. The molecule has 0 radical (unpaired) electrons. The van der Waals surface area contributed by atoms with Gasteiger partial charge >= 0.3 is 6.03 Å². The van der Waals surface area contributed by atoms with Gasteiger partial charge in [0, 0.05) is 13.1 Å². The number of amides is 2. The Hall–Kier alpha value is -0.730. The standard InChI is InChI=1S/C15H32N2O/c1-3-5-7-8-9-10-12-14-17(15(16)18)13-11-6-4-2/h3-14H2,1-2H3,(H2,16,18). The molecule has 0 heterocycles. The molecule has 0 fully saturated rings. The summed E-state index contributed by atoms with van der Waals surface area (Å²) in [5, 5.41) is 0. The van der Waals surface area contributed by atoms with E-state index in [2.05, 4.69) is 13.8 Å². The second kappa shape index (κ2) is 12.7. The predicted molar refractivity (Wildman–Crippen MR) is 78.7 cm³/mol. The minimum absolute atomic E-state index is 0.253. The van der Waals surface area contributed by atoms with Crippen LogP contribution in [0, 0.1) is 0 Å². The highest BCUT2D eigenvalue weighted by Crippen LogP contribution is 2.08. The van der Waals surface area contributed by atoms with Crippen molar-refractivity contribution in [3.63, 3.8) is 0 Å². The van der Waals surface area contributed by atoms with Crippen LogP contribution in [0.15, 0.2) is 0 Å². The van der Waals surface area contributed by atoms with Gasteiger partial charge in [-0.25, -0.2) is 4.79 Å². The number of hydrogen-bond donors (Lipinski definition) is 1. The Morgan fingerprint density at radius 3 is 1.67 bits per heavy atom. The summed E-state index contributed by atoms with van der Waals surface area (Å²) in [7, 11) is 0. The van der Waals surface area contributed by atoms with Gasteiger partial charge in [0.25, 0.3) is 0 Å². The van der Waals surface area contributed by atoms with Crippen molar-refractivity contribution in [1.29, 1.82) is 0 Å². The Morgan fingerprint density at radius 1 is 0.778 bits per heavy atom. The molecule has 3 nitrogen and oxygen atoms in total. The third-order valence-electron chi connectivity index (χ3n) is 3.37. The highest BCUT2D eigenvalue weighted by molar-refractivity contribution is 5.71. The van der Waals surface area contributed by atoms with E-state index in [1.807, 2.05) is 4.90 Å². The van der Waals surface area contributed by atoms with Crippen molar-refractivity contribution in [3.05, 3.63) is 0 Å². The number of unbranched alkanes of at least 4 members (excludes halogenated alkanes) is 8. The van der Waals surface area contributed by atoms with Gasteiger partial charge in [-0.05, 0) is 12.8 Å². The fourth-order valence-corrected chi connectivity index (χ4v) is 2.14. The Balaban J connectivity index is 3.49. The van der Waals surface area contributed by atoms with Crippen LogP contribution in [0.4, 0.5) is 4.79 Å². The molecule has 0 atom stereocenters. The average molecular weight is 256 g/mol. The van der Waals surface area contributed by atoms with Gasteiger partial charge < -0.3 is 10.6 Å².